The molecule has 0 atom stereocenters. The molecule has 5 aromatic carbocycles. The standard InChI is InChI=1S/C32H18N4/c33-19-25-26(20-34)32(36-29-15-7-3-11-23(29)24-12-4-8-16-30(24)36)18-17-31(25)35-27-13-5-1-9-21(27)22-10-2-6-14-28(22)35/h1-18H. The predicted molar refractivity (Wildman–Crippen MR) is 145 cm³/mol. The van der Waals surface area contributed by atoms with Crippen molar-refractivity contribution in [2.45, 2.75) is 0 Å². The highest BCUT2D eigenvalue weighted by Gasteiger charge is 2.21. The van der Waals surface area contributed by atoms with E-state index >= 15 is 0 Å². The molecular weight excluding hydrogens is 440 g/mol. The van der Waals surface area contributed by atoms with Crippen LogP contribution in [0.2, 0.25) is 0 Å². The van der Waals surface area contributed by atoms with Gasteiger partial charge in [-0.3, -0.25) is 0 Å². The smallest absolute Gasteiger partial charge is 0.103 e. The molecule has 4 nitrogen and oxygen atoms in total. The molecule has 0 fully saturated rings. The fraction of sp³-hybridized carbons (Fsp3) is 0. The number of nitrogens with zero attached hydrogens (tertiary/aromatic N) is 4. The van der Waals surface area contributed by atoms with Crippen molar-refractivity contribution in [1.29, 1.82) is 10.5 Å². The molecule has 0 aliphatic carbocycles. The lowest BCUT2D eigenvalue weighted by atomic mass is 10.0. The van der Waals surface area contributed by atoms with E-state index in [4.69, 9.17) is 0 Å². The molecule has 2 heterocycles. The Bertz CT molecular complexity index is 1820. The molecular formula is C32H18N4. The van der Waals surface area contributed by atoms with Crippen molar-refractivity contribution in [1.82, 2.24) is 9.13 Å². The van der Waals surface area contributed by atoms with Crippen molar-refractivity contribution >= 4 is 43.6 Å². The molecule has 0 unspecified atom stereocenters. The highest BCUT2D eigenvalue weighted by molar-refractivity contribution is 6.10. The number of nitriles is 2. The molecule has 2 aromatic heterocycles. The first-order chi connectivity index (χ1) is 17.8. The second kappa shape index (κ2) is 7.60. The Hall–Kier alpha value is -5.32. The number of aromatic nitrogens is 2. The predicted octanol–water partition coefficient (Wildman–Crippen LogP) is 7.62. The van der Waals surface area contributed by atoms with Crippen LogP contribution in [0.4, 0.5) is 0 Å². The minimum atomic E-state index is 0.364. The van der Waals surface area contributed by atoms with Crippen LogP contribution in [0.25, 0.3) is 55.0 Å². The average Bonchev–Trinajstić information content (AvgIpc) is 3.45. The van der Waals surface area contributed by atoms with Gasteiger partial charge in [0.15, 0.2) is 0 Å². The van der Waals surface area contributed by atoms with Gasteiger partial charge in [-0.25, -0.2) is 0 Å². The van der Waals surface area contributed by atoms with Gasteiger partial charge in [-0.1, -0.05) is 72.8 Å². The molecule has 0 radical (unpaired) electrons. The van der Waals surface area contributed by atoms with Crippen molar-refractivity contribution in [3.05, 3.63) is 120 Å². The number of para-hydroxylation sites is 4. The van der Waals surface area contributed by atoms with Crippen LogP contribution < -0.4 is 0 Å². The van der Waals surface area contributed by atoms with Gasteiger partial charge in [-0.2, -0.15) is 10.5 Å². The molecule has 7 aromatic rings. The summed E-state index contributed by atoms with van der Waals surface area (Å²) in [6, 6.07) is 41.4. The Kier molecular flexibility index (Phi) is 4.24. The Morgan fingerprint density at radius 1 is 0.389 bits per heavy atom. The molecule has 166 valence electrons. The minimum absolute atomic E-state index is 0.364. The van der Waals surface area contributed by atoms with Gasteiger partial charge >= 0.3 is 0 Å². The van der Waals surface area contributed by atoms with Crippen molar-refractivity contribution in [3.63, 3.8) is 0 Å². The van der Waals surface area contributed by atoms with Crippen LogP contribution in [-0.4, -0.2) is 9.13 Å². The number of hydrogen-bond donors (Lipinski definition) is 0. The molecule has 4 heteroatoms. The Balaban J connectivity index is 1.60. The molecule has 0 saturated heterocycles. The first-order valence-corrected chi connectivity index (χ1v) is 11.8. The third-order valence-corrected chi connectivity index (χ3v) is 7.03. The third-order valence-electron chi connectivity index (χ3n) is 7.03. The van der Waals surface area contributed by atoms with Crippen LogP contribution >= 0.6 is 0 Å². The second-order valence-electron chi connectivity index (χ2n) is 8.82. The zero-order valence-corrected chi connectivity index (χ0v) is 19.2. The molecule has 0 N–H and O–H groups in total. The quantitative estimate of drug-likeness (QED) is 0.267. The monoisotopic (exact) mass is 458 g/mol. The van der Waals surface area contributed by atoms with E-state index in [0.29, 0.717) is 22.5 Å². The van der Waals surface area contributed by atoms with E-state index < -0.39 is 0 Å². The summed E-state index contributed by atoms with van der Waals surface area (Å²) in [6.07, 6.45) is 0. The van der Waals surface area contributed by atoms with Crippen LogP contribution in [0.5, 0.6) is 0 Å². The maximum atomic E-state index is 10.4. The number of rotatable bonds is 2. The van der Waals surface area contributed by atoms with Gasteiger partial charge in [-0.15, -0.1) is 0 Å². The third kappa shape index (κ3) is 2.61. The summed E-state index contributed by atoms with van der Waals surface area (Å²) in [4.78, 5) is 0. The first-order valence-electron chi connectivity index (χ1n) is 11.8. The molecule has 36 heavy (non-hydrogen) atoms. The van der Waals surface area contributed by atoms with Crippen LogP contribution in [0.1, 0.15) is 11.1 Å². The summed E-state index contributed by atoms with van der Waals surface area (Å²) in [5, 5.41) is 25.2. The van der Waals surface area contributed by atoms with Crippen LogP contribution in [0.15, 0.2) is 109 Å². The highest BCUT2D eigenvalue weighted by atomic mass is 15.0. The molecule has 0 aliphatic heterocycles. The summed E-state index contributed by atoms with van der Waals surface area (Å²) in [7, 11) is 0. The van der Waals surface area contributed by atoms with Gasteiger partial charge in [0.2, 0.25) is 0 Å². The SMILES string of the molecule is N#Cc1c(-n2c3ccccc3c3ccccc32)ccc(-n2c3ccccc3c3ccccc32)c1C#N. The van der Waals surface area contributed by atoms with Gasteiger partial charge in [0.1, 0.15) is 12.1 Å². The Labute approximate surface area is 207 Å². The lowest BCUT2D eigenvalue weighted by Crippen LogP contribution is -2.05. The molecule has 0 saturated carbocycles. The summed E-state index contributed by atoms with van der Waals surface area (Å²) < 4.78 is 4.19. The van der Waals surface area contributed by atoms with Crippen molar-refractivity contribution in [3.8, 4) is 23.5 Å². The van der Waals surface area contributed by atoms with Crippen LogP contribution in [0, 0.1) is 22.7 Å². The summed E-state index contributed by atoms with van der Waals surface area (Å²) in [5.74, 6) is 0. The molecule has 0 bridgehead atoms. The fourth-order valence-electron chi connectivity index (χ4n) is 5.54. The van der Waals surface area contributed by atoms with Crippen molar-refractivity contribution in [2.24, 2.45) is 0 Å². The molecule has 7 rings (SSSR count). The zero-order valence-electron chi connectivity index (χ0n) is 19.2. The van der Waals surface area contributed by atoms with Gasteiger partial charge in [-0.05, 0) is 36.4 Å². The molecule has 0 spiro atoms. The van der Waals surface area contributed by atoms with Gasteiger partial charge < -0.3 is 9.13 Å². The lowest BCUT2D eigenvalue weighted by Gasteiger charge is -2.15. The van der Waals surface area contributed by atoms with E-state index in [1.54, 1.807) is 0 Å². The summed E-state index contributed by atoms with van der Waals surface area (Å²) in [5.41, 5.74) is 6.15. The number of benzene rings is 5. The Morgan fingerprint density at radius 3 is 0.944 bits per heavy atom. The maximum Gasteiger partial charge on any atom is 0.103 e. The second-order valence-corrected chi connectivity index (χ2v) is 8.82. The average molecular weight is 459 g/mol. The van der Waals surface area contributed by atoms with Crippen molar-refractivity contribution < 1.29 is 0 Å². The van der Waals surface area contributed by atoms with Gasteiger partial charge in [0, 0.05) is 21.5 Å². The zero-order chi connectivity index (χ0) is 24.2. The largest absolute Gasteiger partial charge is 0.308 e. The van der Waals surface area contributed by atoms with E-state index in [0.717, 1.165) is 43.6 Å². The summed E-state index contributed by atoms with van der Waals surface area (Å²) >= 11 is 0. The molecule has 0 aliphatic rings. The highest BCUT2D eigenvalue weighted by Crippen LogP contribution is 2.37. The van der Waals surface area contributed by atoms with E-state index in [1.165, 1.54) is 0 Å². The first kappa shape index (κ1) is 20.1. The topological polar surface area (TPSA) is 57.4 Å². The van der Waals surface area contributed by atoms with Crippen LogP contribution in [-0.2, 0) is 0 Å². The normalized spacial score (nSPS) is 11.3. The minimum Gasteiger partial charge on any atom is -0.308 e. The summed E-state index contributed by atoms with van der Waals surface area (Å²) in [6.45, 7) is 0. The van der Waals surface area contributed by atoms with E-state index in [1.807, 2.05) is 60.7 Å². The van der Waals surface area contributed by atoms with Gasteiger partial charge in [0.05, 0.1) is 44.6 Å². The number of fused-ring (bicyclic) bond motifs is 6. The van der Waals surface area contributed by atoms with Crippen LogP contribution in [0.3, 0.4) is 0 Å². The lowest BCUT2D eigenvalue weighted by molar-refractivity contribution is 1.12. The van der Waals surface area contributed by atoms with E-state index in [2.05, 4.69) is 69.8 Å². The maximum absolute atomic E-state index is 10.4. The van der Waals surface area contributed by atoms with Gasteiger partial charge in [0.25, 0.3) is 0 Å². The van der Waals surface area contributed by atoms with E-state index in [9.17, 15) is 10.5 Å². The number of hydrogen-bond acceptors (Lipinski definition) is 2. The Morgan fingerprint density at radius 2 is 0.667 bits per heavy atom. The molecule has 0 amide bonds. The van der Waals surface area contributed by atoms with E-state index in [-0.39, 0.29) is 0 Å². The van der Waals surface area contributed by atoms with Crippen molar-refractivity contribution in [2.75, 3.05) is 0 Å². The fourth-order valence-corrected chi connectivity index (χ4v) is 5.54.